The number of aliphatic hydroxyl groups excluding tert-OH is 1. The van der Waals surface area contributed by atoms with E-state index in [0.29, 0.717) is 17.7 Å². The summed E-state index contributed by atoms with van der Waals surface area (Å²) in [7, 11) is 1.80. The Labute approximate surface area is 96.5 Å². The quantitative estimate of drug-likeness (QED) is 0.804. The molecule has 0 bridgehead atoms. The van der Waals surface area contributed by atoms with Crippen molar-refractivity contribution in [3.05, 3.63) is 11.8 Å². The van der Waals surface area contributed by atoms with Crippen LogP contribution in [0.3, 0.4) is 0 Å². The zero-order valence-corrected chi connectivity index (χ0v) is 10.1. The molecular formula is C12H21N3O. The number of aromatic nitrogens is 2. The van der Waals surface area contributed by atoms with Gasteiger partial charge in [-0.15, -0.1) is 0 Å². The third-order valence-corrected chi connectivity index (χ3v) is 3.76. The summed E-state index contributed by atoms with van der Waals surface area (Å²) < 4.78 is 1.62. The second-order valence-corrected chi connectivity index (χ2v) is 5.09. The van der Waals surface area contributed by atoms with Crippen LogP contribution in [-0.2, 0) is 7.05 Å². The Morgan fingerprint density at radius 3 is 2.88 bits per heavy atom. The molecule has 90 valence electrons. The van der Waals surface area contributed by atoms with Crippen LogP contribution in [0, 0.1) is 11.8 Å². The van der Waals surface area contributed by atoms with Crippen molar-refractivity contribution in [3.63, 3.8) is 0 Å². The minimum absolute atomic E-state index is 0.343. The van der Waals surface area contributed by atoms with E-state index in [1.165, 1.54) is 12.8 Å². The summed E-state index contributed by atoms with van der Waals surface area (Å²) in [5, 5.41) is 14.4. The highest BCUT2D eigenvalue weighted by atomic mass is 16.3. The first kappa shape index (κ1) is 11.5. The summed E-state index contributed by atoms with van der Waals surface area (Å²) in [6.07, 6.45) is 5.93. The van der Waals surface area contributed by atoms with Crippen molar-refractivity contribution in [1.82, 2.24) is 9.78 Å². The fourth-order valence-corrected chi connectivity index (χ4v) is 2.71. The van der Waals surface area contributed by atoms with Gasteiger partial charge < -0.3 is 10.8 Å². The van der Waals surface area contributed by atoms with Crippen LogP contribution in [0.5, 0.6) is 0 Å². The average Bonchev–Trinajstić information content (AvgIpc) is 2.59. The van der Waals surface area contributed by atoms with E-state index in [1.54, 1.807) is 17.9 Å². The maximum atomic E-state index is 10.3. The Balaban J connectivity index is 2.12. The molecule has 1 aromatic rings. The fraction of sp³-hybridized carbons (Fsp3) is 0.750. The van der Waals surface area contributed by atoms with E-state index >= 15 is 0 Å². The highest BCUT2D eigenvalue weighted by Crippen LogP contribution is 2.38. The van der Waals surface area contributed by atoms with Crippen LogP contribution >= 0.6 is 0 Å². The molecular weight excluding hydrogens is 202 g/mol. The molecule has 0 aliphatic heterocycles. The van der Waals surface area contributed by atoms with Crippen molar-refractivity contribution in [1.29, 1.82) is 0 Å². The zero-order valence-electron chi connectivity index (χ0n) is 10.1. The second-order valence-electron chi connectivity index (χ2n) is 5.09. The van der Waals surface area contributed by atoms with Gasteiger partial charge in [-0.2, -0.15) is 5.10 Å². The number of aryl methyl sites for hydroxylation is 1. The van der Waals surface area contributed by atoms with Crippen molar-refractivity contribution in [2.75, 3.05) is 5.73 Å². The second kappa shape index (κ2) is 4.45. The van der Waals surface area contributed by atoms with Gasteiger partial charge in [0.2, 0.25) is 0 Å². The van der Waals surface area contributed by atoms with E-state index in [0.717, 1.165) is 18.4 Å². The number of rotatable bonds is 2. The summed E-state index contributed by atoms with van der Waals surface area (Å²) in [5.41, 5.74) is 6.68. The first-order valence-electron chi connectivity index (χ1n) is 6.05. The van der Waals surface area contributed by atoms with Gasteiger partial charge in [-0.1, -0.05) is 19.8 Å². The van der Waals surface area contributed by atoms with Gasteiger partial charge in [0.1, 0.15) is 5.82 Å². The topological polar surface area (TPSA) is 64.1 Å². The molecule has 1 aliphatic rings. The van der Waals surface area contributed by atoms with Crippen molar-refractivity contribution in [3.8, 4) is 0 Å². The summed E-state index contributed by atoms with van der Waals surface area (Å²) >= 11 is 0. The van der Waals surface area contributed by atoms with Crippen LogP contribution in [0.4, 0.5) is 5.82 Å². The minimum atomic E-state index is -0.448. The highest BCUT2D eigenvalue weighted by Gasteiger charge is 2.28. The van der Waals surface area contributed by atoms with E-state index in [2.05, 4.69) is 12.0 Å². The van der Waals surface area contributed by atoms with E-state index < -0.39 is 6.10 Å². The maximum Gasteiger partial charge on any atom is 0.127 e. The van der Waals surface area contributed by atoms with Gasteiger partial charge in [-0.3, -0.25) is 4.68 Å². The molecule has 1 fully saturated rings. The molecule has 4 nitrogen and oxygen atoms in total. The maximum absolute atomic E-state index is 10.3. The SMILES string of the molecule is CC1CCCC(C(O)c2cnn(C)c2N)C1. The molecule has 0 spiro atoms. The van der Waals surface area contributed by atoms with Crippen molar-refractivity contribution >= 4 is 5.82 Å². The molecule has 1 aromatic heterocycles. The van der Waals surface area contributed by atoms with Gasteiger partial charge in [0, 0.05) is 12.6 Å². The smallest absolute Gasteiger partial charge is 0.127 e. The van der Waals surface area contributed by atoms with Gasteiger partial charge in [-0.05, 0) is 24.7 Å². The normalized spacial score (nSPS) is 27.9. The molecule has 3 atom stereocenters. The van der Waals surface area contributed by atoms with Gasteiger partial charge >= 0.3 is 0 Å². The average molecular weight is 223 g/mol. The van der Waals surface area contributed by atoms with E-state index in [-0.39, 0.29) is 0 Å². The Morgan fingerprint density at radius 2 is 2.31 bits per heavy atom. The van der Waals surface area contributed by atoms with Crippen molar-refractivity contribution in [2.24, 2.45) is 18.9 Å². The van der Waals surface area contributed by atoms with Crippen LogP contribution < -0.4 is 5.73 Å². The predicted octanol–water partition coefficient (Wildman–Crippen LogP) is 1.86. The monoisotopic (exact) mass is 223 g/mol. The summed E-state index contributed by atoms with van der Waals surface area (Å²) in [5.74, 6) is 1.65. The summed E-state index contributed by atoms with van der Waals surface area (Å²) in [6.45, 7) is 2.26. The first-order valence-corrected chi connectivity index (χ1v) is 6.05. The Morgan fingerprint density at radius 1 is 1.56 bits per heavy atom. The third-order valence-electron chi connectivity index (χ3n) is 3.76. The van der Waals surface area contributed by atoms with Gasteiger partial charge in [0.05, 0.1) is 12.3 Å². The molecule has 1 heterocycles. The molecule has 1 aliphatic carbocycles. The number of nitrogen functional groups attached to an aromatic ring is 1. The minimum Gasteiger partial charge on any atom is -0.388 e. The van der Waals surface area contributed by atoms with Crippen molar-refractivity contribution < 1.29 is 5.11 Å². The Kier molecular flexibility index (Phi) is 3.19. The van der Waals surface area contributed by atoms with Crippen LogP contribution in [0.15, 0.2) is 6.20 Å². The Bertz CT molecular complexity index is 361. The van der Waals surface area contributed by atoms with Gasteiger partial charge in [0.25, 0.3) is 0 Å². The Hall–Kier alpha value is -1.03. The molecule has 0 aromatic carbocycles. The molecule has 16 heavy (non-hydrogen) atoms. The molecule has 1 saturated carbocycles. The number of hydrogen-bond acceptors (Lipinski definition) is 3. The van der Waals surface area contributed by atoms with Crippen LogP contribution in [-0.4, -0.2) is 14.9 Å². The largest absolute Gasteiger partial charge is 0.388 e. The van der Waals surface area contributed by atoms with E-state index in [9.17, 15) is 5.11 Å². The fourth-order valence-electron chi connectivity index (χ4n) is 2.71. The molecule has 0 saturated heterocycles. The van der Waals surface area contributed by atoms with E-state index in [1.807, 2.05) is 0 Å². The van der Waals surface area contributed by atoms with Gasteiger partial charge in [0.15, 0.2) is 0 Å². The molecule has 3 N–H and O–H groups in total. The number of nitrogens with two attached hydrogens (primary N) is 1. The van der Waals surface area contributed by atoms with Crippen molar-refractivity contribution in [2.45, 2.75) is 38.7 Å². The lowest BCUT2D eigenvalue weighted by atomic mass is 9.78. The van der Waals surface area contributed by atoms with Crippen LogP contribution in [0.2, 0.25) is 0 Å². The summed E-state index contributed by atoms with van der Waals surface area (Å²) in [4.78, 5) is 0. The van der Waals surface area contributed by atoms with E-state index in [4.69, 9.17) is 5.73 Å². The number of nitrogens with zero attached hydrogens (tertiary/aromatic N) is 2. The third kappa shape index (κ3) is 2.07. The molecule has 4 heteroatoms. The lowest BCUT2D eigenvalue weighted by molar-refractivity contribution is 0.0719. The van der Waals surface area contributed by atoms with Gasteiger partial charge in [-0.25, -0.2) is 0 Å². The molecule has 2 rings (SSSR count). The molecule has 0 amide bonds. The van der Waals surface area contributed by atoms with Crippen LogP contribution in [0.1, 0.15) is 44.3 Å². The zero-order chi connectivity index (χ0) is 11.7. The number of aliphatic hydroxyl groups is 1. The highest BCUT2D eigenvalue weighted by molar-refractivity contribution is 5.40. The first-order chi connectivity index (χ1) is 7.59. The predicted molar refractivity (Wildman–Crippen MR) is 63.7 cm³/mol. The number of hydrogen-bond donors (Lipinski definition) is 2. The number of anilines is 1. The molecule has 0 radical (unpaired) electrons. The molecule has 3 unspecified atom stereocenters. The lowest BCUT2D eigenvalue weighted by Crippen LogP contribution is -2.20. The summed E-state index contributed by atoms with van der Waals surface area (Å²) in [6, 6.07) is 0. The van der Waals surface area contributed by atoms with Crippen LogP contribution in [0.25, 0.3) is 0 Å². The lowest BCUT2D eigenvalue weighted by Gasteiger charge is -2.30. The standard InChI is InChI=1S/C12H21N3O/c1-8-4-3-5-9(6-8)11(16)10-7-14-15(2)12(10)13/h7-9,11,16H,3-6,13H2,1-2H3.